The third-order valence-corrected chi connectivity index (χ3v) is 5.78. The van der Waals surface area contributed by atoms with Crippen molar-refractivity contribution in [1.29, 1.82) is 0 Å². The lowest BCUT2D eigenvalue weighted by Gasteiger charge is -2.38. The molecule has 0 aliphatic heterocycles. The van der Waals surface area contributed by atoms with Gasteiger partial charge in [0.05, 0.1) is 19.6 Å². The maximum Gasteiger partial charge on any atom is 0.331 e. The van der Waals surface area contributed by atoms with Crippen molar-refractivity contribution in [2.75, 3.05) is 14.2 Å². The number of carbonyl (C=O) groups excluding carboxylic acids is 2. The molecule has 1 saturated carbocycles. The summed E-state index contributed by atoms with van der Waals surface area (Å²) in [5, 5.41) is 2.99. The van der Waals surface area contributed by atoms with Crippen molar-refractivity contribution in [3.63, 3.8) is 0 Å². The normalized spacial score (nSPS) is 22.7. The Morgan fingerprint density at radius 2 is 1.92 bits per heavy atom. The SMILES string of the molecule is CCc1cc(Br)cc(C)c1CC(=O)NC1(C(=O)OC)CCC(OC)CC1. The smallest absolute Gasteiger partial charge is 0.331 e. The quantitative estimate of drug-likeness (QED) is 0.708. The lowest BCUT2D eigenvalue weighted by Crippen LogP contribution is -2.57. The first-order valence-electron chi connectivity index (χ1n) is 9.05. The molecule has 5 nitrogen and oxygen atoms in total. The van der Waals surface area contributed by atoms with E-state index in [4.69, 9.17) is 9.47 Å². The van der Waals surface area contributed by atoms with Gasteiger partial charge in [0.2, 0.25) is 5.91 Å². The molecule has 1 N–H and O–H groups in total. The van der Waals surface area contributed by atoms with Gasteiger partial charge in [0, 0.05) is 11.6 Å². The van der Waals surface area contributed by atoms with Crippen LogP contribution in [0, 0.1) is 6.92 Å². The molecular weight excluding hydrogens is 398 g/mol. The number of benzene rings is 1. The van der Waals surface area contributed by atoms with Gasteiger partial charge in [-0.25, -0.2) is 4.79 Å². The number of ether oxygens (including phenoxy) is 2. The van der Waals surface area contributed by atoms with Crippen molar-refractivity contribution >= 4 is 27.8 Å². The van der Waals surface area contributed by atoms with E-state index in [2.05, 4.69) is 34.2 Å². The zero-order chi connectivity index (χ0) is 19.3. The summed E-state index contributed by atoms with van der Waals surface area (Å²) in [6.07, 6.45) is 3.75. The summed E-state index contributed by atoms with van der Waals surface area (Å²) in [6, 6.07) is 4.07. The zero-order valence-electron chi connectivity index (χ0n) is 16.0. The van der Waals surface area contributed by atoms with Gasteiger partial charge in [-0.3, -0.25) is 4.79 Å². The number of hydrogen-bond donors (Lipinski definition) is 1. The fourth-order valence-electron chi connectivity index (χ4n) is 3.78. The molecule has 1 aliphatic carbocycles. The molecule has 1 aliphatic rings. The average molecular weight is 426 g/mol. The first-order chi connectivity index (χ1) is 12.3. The van der Waals surface area contributed by atoms with Crippen molar-refractivity contribution in [3.05, 3.63) is 33.3 Å². The maximum atomic E-state index is 12.8. The minimum absolute atomic E-state index is 0.130. The number of amides is 1. The van der Waals surface area contributed by atoms with Crippen molar-refractivity contribution in [3.8, 4) is 0 Å². The number of hydrogen-bond acceptors (Lipinski definition) is 4. The average Bonchev–Trinajstić information content (AvgIpc) is 2.63. The molecule has 6 heteroatoms. The monoisotopic (exact) mass is 425 g/mol. The Morgan fingerprint density at radius 1 is 1.27 bits per heavy atom. The third-order valence-electron chi connectivity index (χ3n) is 5.32. The van der Waals surface area contributed by atoms with Gasteiger partial charge in [-0.15, -0.1) is 0 Å². The Balaban J connectivity index is 2.17. The van der Waals surface area contributed by atoms with Crippen molar-refractivity contribution < 1.29 is 19.1 Å². The van der Waals surface area contributed by atoms with Crippen LogP contribution in [0.2, 0.25) is 0 Å². The topological polar surface area (TPSA) is 64.6 Å². The molecule has 1 aromatic carbocycles. The molecular formula is C20H28BrNO4. The van der Waals surface area contributed by atoms with Gasteiger partial charge in [-0.1, -0.05) is 22.9 Å². The second-order valence-electron chi connectivity index (χ2n) is 6.95. The van der Waals surface area contributed by atoms with Crippen molar-refractivity contribution in [1.82, 2.24) is 5.32 Å². The molecule has 1 aromatic rings. The zero-order valence-corrected chi connectivity index (χ0v) is 17.6. The van der Waals surface area contributed by atoms with Crippen LogP contribution < -0.4 is 5.32 Å². The predicted octanol–water partition coefficient (Wildman–Crippen LogP) is 3.48. The fourth-order valence-corrected chi connectivity index (χ4v) is 4.40. The number of rotatable bonds is 6. The lowest BCUT2D eigenvalue weighted by atomic mass is 9.80. The number of aryl methyl sites for hydroxylation is 2. The van der Waals surface area contributed by atoms with Crippen molar-refractivity contribution in [2.45, 2.75) is 64.0 Å². The standard InChI is InChI=1S/C20H28BrNO4/c1-5-14-11-15(21)10-13(2)17(14)12-18(23)22-20(19(24)26-4)8-6-16(25-3)7-9-20/h10-11,16H,5-9,12H2,1-4H3,(H,22,23). The molecule has 0 spiro atoms. The molecule has 1 fully saturated rings. The lowest BCUT2D eigenvalue weighted by molar-refractivity contribution is -0.153. The van der Waals surface area contributed by atoms with Gasteiger partial charge in [0.25, 0.3) is 0 Å². The fraction of sp³-hybridized carbons (Fsp3) is 0.600. The first-order valence-corrected chi connectivity index (χ1v) is 9.84. The van der Waals surface area contributed by atoms with Crippen LogP contribution in [0.3, 0.4) is 0 Å². The summed E-state index contributed by atoms with van der Waals surface area (Å²) in [7, 11) is 3.05. The molecule has 0 unspecified atom stereocenters. The molecule has 0 atom stereocenters. The molecule has 26 heavy (non-hydrogen) atoms. The number of methoxy groups -OCH3 is 2. The number of halogens is 1. The first kappa shape index (κ1) is 20.9. The summed E-state index contributed by atoms with van der Waals surface area (Å²) in [5.41, 5.74) is 2.29. The third kappa shape index (κ3) is 4.65. The molecule has 144 valence electrons. The minimum atomic E-state index is -0.948. The van der Waals surface area contributed by atoms with E-state index in [1.807, 2.05) is 13.0 Å². The van der Waals surface area contributed by atoms with E-state index in [9.17, 15) is 9.59 Å². The number of nitrogens with one attached hydrogen (secondary N) is 1. The van der Waals surface area contributed by atoms with Crippen LogP contribution >= 0.6 is 15.9 Å². The molecule has 2 rings (SSSR count). The Kier molecular flexibility index (Phi) is 7.24. The van der Waals surface area contributed by atoms with E-state index >= 15 is 0 Å². The Morgan fingerprint density at radius 3 is 2.46 bits per heavy atom. The highest BCUT2D eigenvalue weighted by atomic mass is 79.9. The van der Waals surface area contributed by atoms with Crippen molar-refractivity contribution in [2.24, 2.45) is 0 Å². The molecule has 1 amide bonds. The van der Waals surface area contributed by atoms with E-state index in [0.29, 0.717) is 12.8 Å². The summed E-state index contributed by atoms with van der Waals surface area (Å²) in [4.78, 5) is 25.2. The predicted molar refractivity (Wildman–Crippen MR) is 104 cm³/mol. The van der Waals surface area contributed by atoms with Gasteiger partial charge in [0.15, 0.2) is 0 Å². The summed E-state index contributed by atoms with van der Waals surface area (Å²) in [6.45, 7) is 4.08. The Labute approximate surface area is 164 Å². The van der Waals surface area contributed by atoms with Crippen LogP contribution in [0.25, 0.3) is 0 Å². The van der Waals surface area contributed by atoms with Crippen LogP contribution in [0.4, 0.5) is 0 Å². The van der Waals surface area contributed by atoms with Crippen LogP contribution in [-0.4, -0.2) is 37.7 Å². The number of carbonyl (C=O) groups is 2. The van der Waals surface area contributed by atoms with Crippen LogP contribution in [0.5, 0.6) is 0 Å². The molecule has 0 saturated heterocycles. The minimum Gasteiger partial charge on any atom is -0.467 e. The highest BCUT2D eigenvalue weighted by molar-refractivity contribution is 9.10. The van der Waals surface area contributed by atoms with E-state index in [0.717, 1.165) is 40.4 Å². The molecule has 0 aromatic heterocycles. The summed E-state index contributed by atoms with van der Waals surface area (Å²) < 4.78 is 11.4. The Bertz CT molecular complexity index is 666. The van der Waals surface area contributed by atoms with Gasteiger partial charge in [0.1, 0.15) is 5.54 Å². The highest BCUT2D eigenvalue weighted by Gasteiger charge is 2.44. The Hall–Kier alpha value is -1.40. The molecule has 0 heterocycles. The van der Waals surface area contributed by atoms with Gasteiger partial charge < -0.3 is 14.8 Å². The van der Waals surface area contributed by atoms with Gasteiger partial charge in [-0.05, 0) is 67.9 Å². The van der Waals surface area contributed by atoms with Crippen LogP contribution in [0.1, 0.15) is 49.3 Å². The largest absolute Gasteiger partial charge is 0.467 e. The molecule has 0 bridgehead atoms. The van der Waals surface area contributed by atoms with E-state index < -0.39 is 5.54 Å². The highest BCUT2D eigenvalue weighted by Crippen LogP contribution is 2.31. The van der Waals surface area contributed by atoms with E-state index in [-0.39, 0.29) is 24.4 Å². The maximum absolute atomic E-state index is 12.8. The van der Waals surface area contributed by atoms with E-state index in [1.54, 1.807) is 7.11 Å². The summed E-state index contributed by atoms with van der Waals surface area (Å²) >= 11 is 3.51. The molecule has 0 radical (unpaired) electrons. The number of esters is 1. The van der Waals surface area contributed by atoms with Gasteiger partial charge in [-0.2, -0.15) is 0 Å². The van der Waals surface area contributed by atoms with Gasteiger partial charge >= 0.3 is 5.97 Å². The second kappa shape index (κ2) is 9.00. The second-order valence-corrected chi connectivity index (χ2v) is 7.86. The summed E-state index contributed by atoms with van der Waals surface area (Å²) in [5.74, 6) is -0.518. The van der Waals surface area contributed by atoms with Crippen LogP contribution in [-0.2, 0) is 31.9 Å². The van der Waals surface area contributed by atoms with Crippen LogP contribution in [0.15, 0.2) is 16.6 Å². The van der Waals surface area contributed by atoms with E-state index in [1.165, 1.54) is 7.11 Å².